The van der Waals surface area contributed by atoms with Crippen molar-refractivity contribution in [3.8, 4) is 0 Å². The van der Waals surface area contributed by atoms with E-state index in [1.54, 1.807) is 57.2 Å². The monoisotopic (exact) mass is 404 g/mol. The first-order valence-electron chi connectivity index (χ1n) is 9.59. The van der Waals surface area contributed by atoms with Gasteiger partial charge < -0.3 is 9.84 Å². The molecule has 0 unspecified atom stereocenters. The second kappa shape index (κ2) is 8.06. The van der Waals surface area contributed by atoms with Crippen molar-refractivity contribution in [1.82, 2.24) is 0 Å². The summed E-state index contributed by atoms with van der Waals surface area (Å²) >= 11 is 0. The van der Waals surface area contributed by atoms with Gasteiger partial charge in [-0.1, -0.05) is 42.5 Å². The second-order valence-electron chi connectivity index (χ2n) is 8.02. The first-order valence-corrected chi connectivity index (χ1v) is 9.59. The van der Waals surface area contributed by atoms with Gasteiger partial charge in [0.1, 0.15) is 16.9 Å². The predicted octanol–water partition coefficient (Wildman–Crippen LogP) is 4.56. The van der Waals surface area contributed by atoms with E-state index < -0.39 is 17.5 Å². The summed E-state index contributed by atoms with van der Waals surface area (Å²) in [5.41, 5.74) is 1.94. The number of amidine groups is 1. The number of aryl methyl sites for hydroxylation is 1. The molecular formula is C24H24N2O4. The lowest BCUT2D eigenvalue weighted by atomic mass is 9.99. The molecule has 1 aliphatic rings. The van der Waals surface area contributed by atoms with E-state index in [-0.39, 0.29) is 22.9 Å². The number of benzene rings is 2. The molecule has 0 saturated carbocycles. The molecule has 0 atom stereocenters. The van der Waals surface area contributed by atoms with Crippen LogP contribution in [0.1, 0.15) is 54.7 Å². The third kappa shape index (κ3) is 4.38. The Morgan fingerprint density at radius 3 is 2.20 bits per heavy atom. The van der Waals surface area contributed by atoms with Gasteiger partial charge in [-0.25, -0.2) is 9.79 Å². The van der Waals surface area contributed by atoms with Crippen LogP contribution in [0.3, 0.4) is 0 Å². The van der Waals surface area contributed by atoms with Crippen molar-refractivity contribution in [3.63, 3.8) is 0 Å². The number of ether oxygens (including phenoxy) is 1. The van der Waals surface area contributed by atoms with Crippen LogP contribution in [0.2, 0.25) is 0 Å². The Morgan fingerprint density at radius 2 is 1.60 bits per heavy atom. The van der Waals surface area contributed by atoms with Crippen molar-refractivity contribution in [1.29, 1.82) is 0 Å². The average molecular weight is 404 g/mol. The van der Waals surface area contributed by atoms with Crippen LogP contribution < -0.4 is 0 Å². The molecule has 0 aromatic heterocycles. The smallest absolute Gasteiger partial charge is 0.344 e. The number of hydrogen-bond donors (Lipinski definition) is 1. The highest BCUT2D eigenvalue weighted by molar-refractivity contribution is 6.36. The highest BCUT2D eigenvalue weighted by atomic mass is 16.6. The Balaban J connectivity index is 2.10. The zero-order valence-electron chi connectivity index (χ0n) is 17.7. The number of aliphatic hydroxyl groups excluding tert-OH is 1. The predicted molar refractivity (Wildman–Crippen MR) is 116 cm³/mol. The van der Waals surface area contributed by atoms with E-state index in [0.29, 0.717) is 16.7 Å². The summed E-state index contributed by atoms with van der Waals surface area (Å²) in [5, 5.41) is 10.2. The topological polar surface area (TPSA) is 88.3 Å². The highest BCUT2D eigenvalue weighted by Gasteiger charge is 2.32. The molecule has 1 N–H and O–H groups in total. The van der Waals surface area contributed by atoms with Gasteiger partial charge >= 0.3 is 5.97 Å². The molecular weight excluding hydrogens is 380 g/mol. The zero-order valence-corrected chi connectivity index (χ0v) is 17.7. The number of carbonyl (C=O) groups is 2. The minimum absolute atomic E-state index is 0.0501. The van der Waals surface area contributed by atoms with Gasteiger partial charge in [-0.2, -0.15) is 4.99 Å². The maximum absolute atomic E-state index is 12.8. The fourth-order valence-electron chi connectivity index (χ4n) is 3.10. The molecule has 1 heterocycles. The van der Waals surface area contributed by atoms with Crippen LogP contribution >= 0.6 is 0 Å². The molecule has 0 saturated heterocycles. The Labute approximate surface area is 175 Å². The molecule has 1 aliphatic heterocycles. The van der Waals surface area contributed by atoms with Crippen LogP contribution in [0.5, 0.6) is 0 Å². The van der Waals surface area contributed by atoms with E-state index in [2.05, 4.69) is 9.98 Å². The summed E-state index contributed by atoms with van der Waals surface area (Å²) in [6.07, 6.45) is 0. The first-order chi connectivity index (χ1) is 14.1. The molecule has 0 aliphatic carbocycles. The maximum atomic E-state index is 12.8. The number of aliphatic imine (C=N–C) groups is 2. The lowest BCUT2D eigenvalue weighted by Gasteiger charge is -2.21. The summed E-state index contributed by atoms with van der Waals surface area (Å²) in [5.74, 6) is -1.14. The van der Waals surface area contributed by atoms with Crippen molar-refractivity contribution >= 4 is 23.4 Å². The van der Waals surface area contributed by atoms with Gasteiger partial charge in [0, 0.05) is 16.7 Å². The maximum Gasteiger partial charge on any atom is 0.344 e. The number of aliphatic hydroxyl groups is 1. The molecule has 6 nitrogen and oxygen atoms in total. The van der Waals surface area contributed by atoms with Crippen molar-refractivity contribution in [3.05, 3.63) is 82.1 Å². The number of nitrogens with zero attached hydrogens (tertiary/aromatic N) is 2. The molecule has 6 heteroatoms. The molecule has 0 fully saturated rings. The third-order valence-electron chi connectivity index (χ3n) is 4.43. The number of rotatable bonds is 3. The van der Waals surface area contributed by atoms with E-state index >= 15 is 0 Å². The highest BCUT2D eigenvalue weighted by Crippen LogP contribution is 2.27. The van der Waals surface area contributed by atoms with Gasteiger partial charge in [-0.05, 0) is 46.2 Å². The van der Waals surface area contributed by atoms with Crippen LogP contribution in [0.4, 0.5) is 0 Å². The molecule has 0 radical (unpaired) electrons. The van der Waals surface area contributed by atoms with Crippen LogP contribution in [0.25, 0.3) is 0 Å². The van der Waals surface area contributed by atoms with Gasteiger partial charge in [0.05, 0.1) is 5.71 Å². The summed E-state index contributed by atoms with van der Waals surface area (Å²) in [7, 11) is 0. The third-order valence-corrected chi connectivity index (χ3v) is 4.43. The molecule has 1 amide bonds. The van der Waals surface area contributed by atoms with Crippen LogP contribution in [0.15, 0.2) is 69.8 Å². The van der Waals surface area contributed by atoms with Crippen LogP contribution in [-0.4, -0.2) is 34.1 Å². The van der Waals surface area contributed by atoms with Gasteiger partial charge in [0.25, 0.3) is 5.91 Å². The second-order valence-corrected chi connectivity index (χ2v) is 8.02. The number of esters is 1. The van der Waals surface area contributed by atoms with Gasteiger partial charge in [0.2, 0.25) is 0 Å². The van der Waals surface area contributed by atoms with E-state index in [1.807, 2.05) is 19.1 Å². The molecule has 0 bridgehead atoms. The summed E-state index contributed by atoms with van der Waals surface area (Å²) in [4.78, 5) is 34.2. The van der Waals surface area contributed by atoms with Gasteiger partial charge in [-0.15, -0.1) is 0 Å². The van der Waals surface area contributed by atoms with E-state index in [1.165, 1.54) is 6.92 Å². The molecule has 154 valence electrons. The minimum Gasteiger partial charge on any atom is -0.512 e. The number of hydrogen-bond acceptors (Lipinski definition) is 4. The Morgan fingerprint density at radius 1 is 1.00 bits per heavy atom. The zero-order chi connectivity index (χ0) is 22.1. The van der Waals surface area contributed by atoms with Crippen molar-refractivity contribution < 1.29 is 19.4 Å². The lowest BCUT2D eigenvalue weighted by molar-refractivity contribution is -0.149. The number of carbonyl (C=O) groups excluding carboxylic acids is 2. The largest absolute Gasteiger partial charge is 0.512 e. The number of fused-ring (bicyclic) bond motifs is 1. The number of allylic oxidation sites excluding steroid dienone is 1. The Hall–Kier alpha value is -3.54. The lowest BCUT2D eigenvalue weighted by Crippen LogP contribution is -2.28. The molecule has 3 rings (SSSR count). The van der Waals surface area contributed by atoms with Crippen molar-refractivity contribution in [2.24, 2.45) is 9.98 Å². The number of amides is 1. The van der Waals surface area contributed by atoms with Crippen molar-refractivity contribution in [2.45, 2.75) is 40.2 Å². The molecule has 2 aromatic carbocycles. The van der Waals surface area contributed by atoms with Gasteiger partial charge in [0.15, 0.2) is 5.84 Å². The SMILES string of the molecule is C/C(O)=C(/C(=O)OC(C)(C)C)C1=NC(=NC(=O)c2ccccc2C)c2ccccc21. The standard InChI is InChI=1S/C24H24N2O4/c1-14-10-6-7-11-16(14)22(28)26-21-18-13-9-8-12-17(18)20(25-21)19(15(2)27)23(29)30-24(3,4)5/h6-13,27H,1-5H3/b19-15-,26-21?. The van der Waals surface area contributed by atoms with Crippen LogP contribution in [0, 0.1) is 6.92 Å². The normalized spacial score (nSPS) is 15.4. The van der Waals surface area contributed by atoms with Crippen molar-refractivity contribution in [2.75, 3.05) is 0 Å². The fourth-order valence-corrected chi connectivity index (χ4v) is 3.10. The van der Waals surface area contributed by atoms with E-state index in [0.717, 1.165) is 5.56 Å². The minimum atomic E-state index is -0.742. The molecule has 0 spiro atoms. The first kappa shape index (κ1) is 21.2. The molecule has 2 aromatic rings. The summed E-state index contributed by atoms with van der Waals surface area (Å²) in [6.45, 7) is 8.47. The van der Waals surface area contributed by atoms with Gasteiger partial charge in [-0.3, -0.25) is 4.79 Å². The average Bonchev–Trinajstić information content (AvgIpc) is 2.98. The summed E-state index contributed by atoms with van der Waals surface area (Å²) in [6, 6.07) is 14.3. The molecule has 30 heavy (non-hydrogen) atoms. The van der Waals surface area contributed by atoms with E-state index in [9.17, 15) is 14.7 Å². The van der Waals surface area contributed by atoms with E-state index in [4.69, 9.17) is 4.74 Å². The van der Waals surface area contributed by atoms with Crippen LogP contribution in [-0.2, 0) is 9.53 Å². The fraction of sp³-hybridized carbons (Fsp3) is 0.250. The summed E-state index contributed by atoms with van der Waals surface area (Å²) < 4.78 is 5.45. The quantitative estimate of drug-likeness (QED) is 0.461. The Bertz CT molecular complexity index is 1110. The Kier molecular flexibility index (Phi) is 5.69.